The van der Waals surface area contributed by atoms with E-state index in [9.17, 15) is 4.79 Å². The Morgan fingerprint density at radius 3 is 2.50 bits per heavy atom. The SMILES string of the molecule is CCCC1CCC(C2=CCC(=O)CC2)CC1. The van der Waals surface area contributed by atoms with Crippen LogP contribution in [0.15, 0.2) is 11.6 Å². The number of hydrogen-bond acceptors (Lipinski definition) is 1. The Morgan fingerprint density at radius 1 is 1.19 bits per heavy atom. The Bertz CT molecular complexity index is 269. The van der Waals surface area contributed by atoms with E-state index >= 15 is 0 Å². The van der Waals surface area contributed by atoms with Crippen molar-refractivity contribution in [1.82, 2.24) is 0 Å². The maximum Gasteiger partial charge on any atom is 0.136 e. The summed E-state index contributed by atoms with van der Waals surface area (Å²) in [5, 5.41) is 0. The van der Waals surface area contributed by atoms with E-state index in [0.717, 1.165) is 24.7 Å². The number of carbonyl (C=O) groups excluding carboxylic acids is 1. The summed E-state index contributed by atoms with van der Waals surface area (Å²) >= 11 is 0. The molecule has 1 nitrogen and oxygen atoms in total. The topological polar surface area (TPSA) is 17.1 Å². The number of allylic oxidation sites excluding steroid dienone is 2. The van der Waals surface area contributed by atoms with Crippen molar-refractivity contribution in [3.8, 4) is 0 Å². The van der Waals surface area contributed by atoms with Gasteiger partial charge >= 0.3 is 0 Å². The van der Waals surface area contributed by atoms with Gasteiger partial charge in [-0.3, -0.25) is 4.79 Å². The van der Waals surface area contributed by atoms with E-state index in [1.165, 1.54) is 38.5 Å². The zero-order valence-corrected chi connectivity index (χ0v) is 10.5. The van der Waals surface area contributed by atoms with Gasteiger partial charge in [0.2, 0.25) is 0 Å². The fourth-order valence-electron chi connectivity index (χ4n) is 3.33. The highest BCUT2D eigenvalue weighted by Gasteiger charge is 2.24. The quantitative estimate of drug-likeness (QED) is 0.649. The lowest BCUT2D eigenvalue weighted by molar-refractivity contribution is -0.118. The molecule has 2 aliphatic carbocycles. The highest BCUT2D eigenvalue weighted by molar-refractivity contribution is 5.81. The molecule has 2 aliphatic rings. The van der Waals surface area contributed by atoms with Crippen LogP contribution in [-0.4, -0.2) is 5.78 Å². The first-order valence-corrected chi connectivity index (χ1v) is 7.00. The summed E-state index contributed by atoms with van der Waals surface area (Å²) < 4.78 is 0. The molecule has 0 aromatic rings. The molecule has 0 amide bonds. The van der Waals surface area contributed by atoms with E-state index in [2.05, 4.69) is 13.0 Å². The summed E-state index contributed by atoms with van der Waals surface area (Å²) in [7, 11) is 0. The minimum atomic E-state index is 0.434. The molecule has 0 saturated heterocycles. The molecule has 90 valence electrons. The van der Waals surface area contributed by atoms with Crippen molar-refractivity contribution < 1.29 is 4.79 Å². The van der Waals surface area contributed by atoms with Crippen LogP contribution in [0.2, 0.25) is 0 Å². The molecule has 0 atom stereocenters. The number of rotatable bonds is 3. The molecule has 0 unspecified atom stereocenters. The van der Waals surface area contributed by atoms with Gasteiger partial charge in [0, 0.05) is 12.8 Å². The van der Waals surface area contributed by atoms with Crippen LogP contribution in [0.5, 0.6) is 0 Å². The second-order valence-electron chi connectivity index (χ2n) is 5.53. The molecule has 0 bridgehead atoms. The third-order valence-corrected chi connectivity index (χ3v) is 4.35. The van der Waals surface area contributed by atoms with Crippen LogP contribution in [0.3, 0.4) is 0 Å². The second-order valence-corrected chi connectivity index (χ2v) is 5.53. The van der Waals surface area contributed by atoms with E-state index < -0.39 is 0 Å². The largest absolute Gasteiger partial charge is 0.299 e. The van der Waals surface area contributed by atoms with Crippen molar-refractivity contribution >= 4 is 5.78 Å². The van der Waals surface area contributed by atoms with Crippen LogP contribution in [0, 0.1) is 11.8 Å². The molecule has 1 fully saturated rings. The van der Waals surface area contributed by atoms with E-state index in [1.807, 2.05) is 0 Å². The molecule has 0 radical (unpaired) electrons. The fraction of sp³-hybridized carbons (Fsp3) is 0.800. The summed E-state index contributed by atoms with van der Waals surface area (Å²) in [6.45, 7) is 2.29. The Morgan fingerprint density at radius 2 is 1.94 bits per heavy atom. The van der Waals surface area contributed by atoms with E-state index in [1.54, 1.807) is 5.57 Å². The van der Waals surface area contributed by atoms with E-state index in [0.29, 0.717) is 12.2 Å². The van der Waals surface area contributed by atoms with Crippen LogP contribution >= 0.6 is 0 Å². The van der Waals surface area contributed by atoms with Crippen LogP contribution < -0.4 is 0 Å². The Hall–Kier alpha value is -0.590. The molecular weight excluding hydrogens is 196 g/mol. The smallest absolute Gasteiger partial charge is 0.136 e. The number of hydrogen-bond donors (Lipinski definition) is 0. The van der Waals surface area contributed by atoms with Gasteiger partial charge in [0.05, 0.1) is 0 Å². The number of ketones is 1. The highest BCUT2D eigenvalue weighted by atomic mass is 16.1. The second kappa shape index (κ2) is 5.65. The first-order chi connectivity index (χ1) is 7.79. The molecule has 0 N–H and O–H groups in total. The fourth-order valence-corrected chi connectivity index (χ4v) is 3.33. The lowest BCUT2D eigenvalue weighted by atomic mass is 9.75. The monoisotopic (exact) mass is 220 g/mol. The molecule has 0 aliphatic heterocycles. The van der Waals surface area contributed by atoms with Crippen molar-refractivity contribution in [2.75, 3.05) is 0 Å². The predicted octanol–water partition coefficient (Wildman–Crippen LogP) is 4.27. The molecule has 16 heavy (non-hydrogen) atoms. The predicted molar refractivity (Wildman–Crippen MR) is 67.3 cm³/mol. The van der Waals surface area contributed by atoms with Crippen molar-refractivity contribution in [2.45, 2.75) is 64.7 Å². The lowest BCUT2D eigenvalue weighted by Gasteiger charge is -2.31. The van der Waals surface area contributed by atoms with Crippen LogP contribution in [0.4, 0.5) is 0 Å². The van der Waals surface area contributed by atoms with Gasteiger partial charge in [0.15, 0.2) is 0 Å². The van der Waals surface area contributed by atoms with Gasteiger partial charge in [-0.15, -0.1) is 0 Å². The summed E-state index contributed by atoms with van der Waals surface area (Å²) in [6.07, 6.45) is 13.2. The third-order valence-electron chi connectivity index (χ3n) is 4.35. The average Bonchev–Trinajstić information content (AvgIpc) is 2.32. The van der Waals surface area contributed by atoms with Gasteiger partial charge in [-0.2, -0.15) is 0 Å². The Kier molecular flexibility index (Phi) is 4.20. The van der Waals surface area contributed by atoms with Crippen LogP contribution in [-0.2, 0) is 4.79 Å². The minimum Gasteiger partial charge on any atom is -0.299 e. The first-order valence-electron chi connectivity index (χ1n) is 7.00. The van der Waals surface area contributed by atoms with Crippen molar-refractivity contribution in [2.24, 2.45) is 11.8 Å². The highest BCUT2D eigenvalue weighted by Crippen LogP contribution is 2.37. The molecule has 0 aromatic heterocycles. The summed E-state index contributed by atoms with van der Waals surface area (Å²) in [5.74, 6) is 2.25. The average molecular weight is 220 g/mol. The molecule has 0 heterocycles. The normalized spacial score (nSPS) is 31.3. The standard InChI is InChI=1S/C15H24O/c1-2-3-12-4-6-13(7-5-12)14-8-10-15(16)11-9-14/h8,12-13H,2-7,9-11H2,1H3. The van der Waals surface area contributed by atoms with Crippen LogP contribution in [0.25, 0.3) is 0 Å². The van der Waals surface area contributed by atoms with Gasteiger partial charge in [-0.1, -0.05) is 31.4 Å². The molecule has 1 saturated carbocycles. The minimum absolute atomic E-state index is 0.434. The van der Waals surface area contributed by atoms with Gasteiger partial charge in [0.1, 0.15) is 5.78 Å². The molecule has 2 rings (SSSR count). The molecule has 0 aromatic carbocycles. The van der Waals surface area contributed by atoms with Gasteiger partial charge in [0.25, 0.3) is 0 Å². The van der Waals surface area contributed by atoms with Crippen molar-refractivity contribution in [3.05, 3.63) is 11.6 Å². The van der Waals surface area contributed by atoms with Gasteiger partial charge in [-0.05, 0) is 43.9 Å². The maximum atomic E-state index is 11.2. The molecular formula is C15H24O. The Balaban J connectivity index is 1.82. The molecule has 0 spiro atoms. The van der Waals surface area contributed by atoms with E-state index in [-0.39, 0.29) is 0 Å². The van der Waals surface area contributed by atoms with Crippen molar-refractivity contribution in [1.29, 1.82) is 0 Å². The lowest BCUT2D eigenvalue weighted by Crippen LogP contribution is -2.18. The number of Topliss-reactive ketones (excluding diaryl/α,β-unsaturated/α-hetero) is 1. The van der Waals surface area contributed by atoms with E-state index in [4.69, 9.17) is 0 Å². The van der Waals surface area contributed by atoms with Gasteiger partial charge < -0.3 is 0 Å². The summed E-state index contributed by atoms with van der Waals surface area (Å²) in [5.41, 5.74) is 1.61. The summed E-state index contributed by atoms with van der Waals surface area (Å²) in [6, 6.07) is 0. The third kappa shape index (κ3) is 2.96. The maximum absolute atomic E-state index is 11.2. The summed E-state index contributed by atoms with van der Waals surface area (Å²) in [4.78, 5) is 11.2. The Labute approximate surface area is 99.3 Å². The van der Waals surface area contributed by atoms with Crippen LogP contribution in [0.1, 0.15) is 64.7 Å². The van der Waals surface area contributed by atoms with Gasteiger partial charge in [-0.25, -0.2) is 0 Å². The first kappa shape index (κ1) is 11.9. The zero-order valence-electron chi connectivity index (χ0n) is 10.5. The van der Waals surface area contributed by atoms with Crippen molar-refractivity contribution in [3.63, 3.8) is 0 Å². The molecule has 1 heteroatoms. The zero-order chi connectivity index (χ0) is 11.4. The number of carbonyl (C=O) groups is 1.